The van der Waals surface area contributed by atoms with Gasteiger partial charge < -0.3 is 15.3 Å². The van der Waals surface area contributed by atoms with Crippen LogP contribution in [0.4, 0.5) is 0 Å². The molecule has 0 radical (unpaired) electrons. The summed E-state index contributed by atoms with van der Waals surface area (Å²) in [5.74, 6) is -0.0807. The van der Waals surface area contributed by atoms with E-state index in [1.165, 1.54) is 6.07 Å². The van der Waals surface area contributed by atoms with E-state index in [0.717, 1.165) is 30.5 Å². The van der Waals surface area contributed by atoms with Crippen LogP contribution in [0.5, 0.6) is 0 Å². The predicted molar refractivity (Wildman–Crippen MR) is 71.1 cm³/mol. The second-order valence-corrected chi connectivity index (χ2v) is 4.82. The van der Waals surface area contributed by atoms with Gasteiger partial charge in [-0.05, 0) is 37.0 Å². The first kappa shape index (κ1) is 11.8. The number of carbonyl (C=O) groups is 1. The molecule has 2 aromatic heterocycles. The number of pyridine rings is 1. The largest absolute Gasteiger partial charge is 0.357 e. The van der Waals surface area contributed by atoms with Crippen LogP contribution < -0.4 is 10.9 Å². The summed E-state index contributed by atoms with van der Waals surface area (Å²) in [6.07, 6.45) is 4.13. The van der Waals surface area contributed by atoms with Gasteiger partial charge in [-0.15, -0.1) is 0 Å². The third-order valence-electron chi connectivity index (χ3n) is 3.48. The molecule has 0 spiro atoms. The molecule has 0 fully saturated rings. The third kappa shape index (κ3) is 2.45. The highest BCUT2D eigenvalue weighted by Crippen LogP contribution is 2.18. The van der Waals surface area contributed by atoms with Crippen LogP contribution in [0.1, 0.15) is 28.2 Å². The number of nitrogens with one attached hydrogen (secondary N) is 3. The van der Waals surface area contributed by atoms with Crippen LogP contribution in [0.2, 0.25) is 0 Å². The molecule has 1 amide bonds. The molecular formula is C14H15N3O2. The fourth-order valence-electron chi connectivity index (χ4n) is 2.51. The van der Waals surface area contributed by atoms with E-state index >= 15 is 0 Å². The molecule has 1 atom stereocenters. The van der Waals surface area contributed by atoms with Crippen LogP contribution in [0.15, 0.2) is 35.3 Å². The Labute approximate surface area is 110 Å². The average molecular weight is 257 g/mol. The Hall–Kier alpha value is -2.30. The summed E-state index contributed by atoms with van der Waals surface area (Å²) in [7, 11) is 0. The van der Waals surface area contributed by atoms with Crippen LogP contribution in [-0.4, -0.2) is 21.9 Å². The molecule has 0 saturated heterocycles. The number of H-pyrrole nitrogens is 2. The summed E-state index contributed by atoms with van der Waals surface area (Å²) in [6.45, 7) is 0. The minimum Gasteiger partial charge on any atom is -0.357 e. The Morgan fingerprint density at radius 2 is 2.21 bits per heavy atom. The Morgan fingerprint density at radius 3 is 3.00 bits per heavy atom. The number of hydrogen-bond donors (Lipinski definition) is 3. The van der Waals surface area contributed by atoms with Gasteiger partial charge in [0, 0.05) is 24.0 Å². The van der Waals surface area contributed by atoms with E-state index in [2.05, 4.69) is 15.3 Å². The smallest absolute Gasteiger partial charge is 0.267 e. The fraction of sp³-hybridized carbons (Fsp3) is 0.286. The quantitative estimate of drug-likeness (QED) is 0.750. The van der Waals surface area contributed by atoms with Crippen molar-refractivity contribution in [1.82, 2.24) is 15.3 Å². The zero-order chi connectivity index (χ0) is 13.2. The Bertz CT molecular complexity index is 643. The van der Waals surface area contributed by atoms with Gasteiger partial charge in [-0.3, -0.25) is 9.59 Å². The molecule has 0 aliphatic heterocycles. The van der Waals surface area contributed by atoms with Gasteiger partial charge in [-0.25, -0.2) is 0 Å². The molecule has 3 N–H and O–H groups in total. The van der Waals surface area contributed by atoms with Crippen molar-refractivity contribution in [3.63, 3.8) is 0 Å². The normalized spacial score (nSPS) is 17.8. The Kier molecular flexibility index (Phi) is 2.95. The van der Waals surface area contributed by atoms with Gasteiger partial charge >= 0.3 is 0 Å². The third-order valence-corrected chi connectivity index (χ3v) is 3.48. The summed E-state index contributed by atoms with van der Waals surface area (Å²) >= 11 is 0. The SMILES string of the molecule is O=C(NC1CCc2[nH]c(=O)ccc2C1)c1ccc[nH]1. The molecule has 98 valence electrons. The topological polar surface area (TPSA) is 77.8 Å². The number of rotatable bonds is 2. The summed E-state index contributed by atoms with van der Waals surface area (Å²) in [5.41, 5.74) is 2.63. The molecule has 5 nitrogen and oxygen atoms in total. The molecule has 1 aliphatic rings. The van der Waals surface area contributed by atoms with E-state index in [4.69, 9.17) is 0 Å². The first-order chi connectivity index (χ1) is 9.22. The van der Waals surface area contributed by atoms with Crippen molar-refractivity contribution in [2.45, 2.75) is 25.3 Å². The molecule has 2 aromatic rings. The molecule has 0 aromatic carbocycles. The van der Waals surface area contributed by atoms with E-state index in [-0.39, 0.29) is 17.5 Å². The molecule has 5 heteroatoms. The minimum absolute atomic E-state index is 0.0624. The highest BCUT2D eigenvalue weighted by molar-refractivity contribution is 5.92. The van der Waals surface area contributed by atoms with Gasteiger partial charge in [0.25, 0.3) is 5.91 Å². The second kappa shape index (κ2) is 4.76. The second-order valence-electron chi connectivity index (χ2n) is 4.82. The monoisotopic (exact) mass is 257 g/mol. The summed E-state index contributed by atoms with van der Waals surface area (Å²) in [4.78, 5) is 28.9. The van der Waals surface area contributed by atoms with Crippen molar-refractivity contribution in [2.24, 2.45) is 0 Å². The van der Waals surface area contributed by atoms with Crippen molar-refractivity contribution in [2.75, 3.05) is 0 Å². The maximum absolute atomic E-state index is 11.9. The van der Waals surface area contributed by atoms with Gasteiger partial charge in [0.05, 0.1) is 0 Å². The van der Waals surface area contributed by atoms with Gasteiger partial charge in [0.1, 0.15) is 5.69 Å². The van der Waals surface area contributed by atoms with E-state index in [0.29, 0.717) is 5.69 Å². The maximum Gasteiger partial charge on any atom is 0.267 e. The van der Waals surface area contributed by atoms with Crippen LogP contribution in [-0.2, 0) is 12.8 Å². The fourth-order valence-corrected chi connectivity index (χ4v) is 2.51. The lowest BCUT2D eigenvalue weighted by atomic mass is 9.92. The number of amides is 1. The number of aryl methyl sites for hydroxylation is 1. The standard InChI is InChI=1S/C14H15N3O2/c18-13-6-3-9-8-10(4-5-11(9)17-13)16-14(19)12-2-1-7-15-12/h1-3,6-7,10,15H,4-5,8H2,(H,16,19)(H,17,18). The lowest BCUT2D eigenvalue weighted by Gasteiger charge is -2.24. The first-order valence-corrected chi connectivity index (χ1v) is 6.38. The van der Waals surface area contributed by atoms with Gasteiger partial charge in [-0.1, -0.05) is 6.07 Å². The lowest BCUT2D eigenvalue weighted by Crippen LogP contribution is -2.39. The van der Waals surface area contributed by atoms with Gasteiger partial charge in [0.15, 0.2) is 0 Å². The number of carbonyl (C=O) groups excluding carboxylic acids is 1. The number of hydrogen-bond acceptors (Lipinski definition) is 2. The van der Waals surface area contributed by atoms with Crippen LogP contribution in [0, 0.1) is 0 Å². The predicted octanol–water partition coefficient (Wildman–Crippen LogP) is 0.990. The van der Waals surface area contributed by atoms with Crippen molar-refractivity contribution in [3.8, 4) is 0 Å². The Morgan fingerprint density at radius 1 is 1.32 bits per heavy atom. The van der Waals surface area contributed by atoms with Crippen LogP contribution in [0.3, 0.4) is 0 Å². The van der Waals surface area contributed by atoms with Crippen molar-refractivity contribution in [3.05, 3.63) is 57.8 Å². The van der Waals surface area contributed by atoms with E-state index in [1.807, 2.05) is 6.07 Å². The van der Waals surface area contributed by atoms with E-state index < -0.39 is 0 Å². The van der Waals surface area contributed by atoms with Crippen molar-refractivity contribution < 1.29 is 4.79 Å². The van der Waals surface area contributed by atoms with Gasteiger partial charge in [-0.2, -0.15) is 0 Å². The first-order valence-electron chi connectivity index (χ1n) is 6.38. The highest BCUT2D eigenvalue weighted by Gasteiger charge is 2.21. The number of aromatic nitrogens is 2. The average Bonchev–Trinajstić information content (AvgIpc) is 2.93. The number of aromatic amines is 2. The molecule has 1 unspecified atom stereocenters. The van der Waals surface area contributed by atoms with Crippen molar-refractivity contribution >= 4 is 5.91 Å². The number of fused-ring (bicyclic) bond motifs is 1. The van der Waals surface area contributed by atoms with E-state index in [9.17, 15) is 9.59 Å². The molecule has 0 bridgehead atoms. The maximum atomic E-state index is 11.9. The van der Waals surface area contributed by atoms with E-state index in [1.54, 1.807) is 18.3 Å². The molecule has 2 heterocycles. The Balaban J connectivity index is 1.71. The summed E-state index contributed by atoms with van der Waals surface area (Å²) < 4.78 is 0. The molecular weight excluding hydrogens is 242 g/mol. The summed E-state index contributed by atoms with van der Waals surface area (Å²) in [5, 5.41) is 3.01. The zero-order valence-corrected chi connectivity index (χ0v) is 10.4. The van der Waals surface area contributed by atoms with Crippen LogP contribution >= 0.6 is 0 Å². The zero-order valence-electron chi connectivity index (χ0n) is 10.4. The molecule has 19 heavy (non-hydrogen) atoms. The molecule has 0 saturated carbocycles. The van der Waals surface area contributed by atoms with Crippen LogP contribution in [0.25, 0.3) is 0 Å². The van der Waals surface area contributed by atoms with Gasteiger partial charge in [0.2, 0.25) is 5.56 Å². The summed E-state index contributed by atoms with van der Waals surface area (Å²) in [6, 6.07) is 7.06. The van der Waals surface area contributed by atoms with Crippen molar-refractivity contribution in [1.29, 1.82) is 0 Å². The molecule has 3 rings (SSSR count). The molecule has 1 aliphatic carbocycles. The highest BCUT2D eigenvalue weighted by atomic mass is 16.2. The lowest BCUT2D eigenvalue weighted by molar-refractivity contribution is 0.0929. The minimum atomic E-state index is -0.0807.